The summed E-state index contributed by atoms with van der Waals surface area (Å²) in [6.45, 7) is 24.0. The lowest BCUT2D eigenvalue weighted by Crippen LogP contribution is -2.45. The van der Waals surface area contributed by atoms with Crippen molar-refractivity contribution in [3.05, 3.63) is 82.4 Å². The van der Waals surface area contributed by atoms with E-state index in [1.54, 1.807) is 0 Å². The minimum Gasteiger partial charge on any atom is -0.543 e. The zero-order valence-electron chi connectivity index (χ0n) is 29.8. The predicted molar refractivity (Wildman–Crippen MR) is 196 cm³/mol. The maximum atomic E-state index is 14.2. The molecule has 9 heteroatoms. The second-order valence-corrected chi connectivity index (χ2v) is 25.0. The van der Waals surface area contributed by atoms with Crippen LogP contribution in [0.2, 0.25) is 41.3 Å². The normalized spacial score (nSPS) is 19.4. The second-order valence-electron chi connectivity index (χ2n) is 15.2. The number of allylic oxidation sites excluding steroid dienone is 3. The molecule has 3 rings (SSSR count). The van der Waals surface area contributed by atoms with Gasteiger partial charge in [-0.05, 0) is 73.2 Å². The Balaban J connectivity index is 2.27. The van der Waals surface area contributed by atoms with Crippen molar-refractivity contribution in [2.45, 2.75) is 123 Å². The highest BCUT2D eigenvalue weighted by molar-refractivity contribution is 6.75. The van der Waals surface area contributed by atoms with Crippen LogP contribution in [-0.2, 0) is 22.6 Å². The van der Waals surface area contributed by atoms with E-state index in [0.717, 1.165) is 18.4 Å². The van der Waals surface area contributed by atoms with Crippen LogP contribution in [0.1, 0.15) is 89.2 Å². The Labute approximate surface area is 284 Å². The Kier molecular flexibility index (Phi) is 12.6. The van der Waals surface area contributed by atoms with Gasteiger partial charge >= 0.3 is 5.97 Å². The topological polar surface area (TPSA) is 66.3 Å². The molecule has 0 spiro atoms. The van der Waals surface area contributed by atoms with E-state index in [0.29, 0.717) is 46.4 Å². The Morgan fingerprint density at radius 2 is 1.48 bits per heavy atom. The summed E-state index contributed by atoms with van der Waals surface area (Å²) in [5.74, 6) is 0.475. The maximum absolute atomic E-state index is 14.2. The fourth-order valence-electron chi connectivity index (χ4n) is 4.24. The van der Waals surface area contributed by atoms with Crippen LogP contribution in [-0.4, -0.2) is 34.4 Å². The van der Waals surface area contributed by atoms with Gasteiger partial charge in [0.2, 0.25) is 0 Å². The van der Waals surface area contributed by atoms with Crippen molar-refractivity contribution in [1.82, 2.24) is 0 Å². The van der Waals surface area contributed by atoms with E-state index < -0.39 is 22.6 Å². The quantitative estimate of drug-likeness (QED) is 0.126. The first-order valence-corrected chi connectivity index (χ1v) is 22.5. The first kappa shape index (κ1) is 37.6. The molecule has 46 heavy (non-hydrogen) atoms. The van der Waals surface area contributed by atoms with E-state index in [4.69, 9.17) is 30.0 Å². The van der Waals surface area contributed by atoms with Crippen molar-refractivity contribution in [1.29, 1.82) is 0 Å². The molecule has 252 valence electrons. The summed E-state index contributed by atoms with van der Waals surface area (Å²) in [7, 11) is -4.75. The lowest BCUT2D eigenvalue weighted by molar-refractivity contribution is 0.0344. The van der Waals surface area contributed by atoms with Gasteiger partial charge in [0.05, 0.1) is 10.7 Å². The summed E-state index contributed by atoms with van der Waals surface area (Å²) in [4.78, 5) is 20.0. The van der Waals surface area contributed by atoms with Crippen LogP contribution in [0.5, 0.6) is 11.5 Å². The lowest BCUT2D eigenvalue weighted by atomic mass is 9.99. The first-order chi connectivity index (χ1) is 21.3. The van der Waals surface area contributed by atoms with Gasteiger partial charge in [-0.1, -0.05) is 107 Å². The number of rotatable bonds is 7. The van der Waals surface area contributed by atoms with E-state index in [9.17, 15) is 4.79 Å². The van der Waals surface area contributed by atoms with E-state index in [2.05, 4.69) is 91.1 Å². The standard InChI is InChI=1S/C37H54ClNO5Si2/c1-27-20-16-13-12-14-19-23-29(39-41-26-28-21-17-15-18-22-28)24-30-33(35(40)42-27)31(43-45(8,9)36(2,3)4)25-32(34(30)38)44-46(10,11)37(5,6)7/h13,15-19,21-23,25,27H,12,14,20,24,26H2,1-11H3/b16-13+,23-19+,39-29+/t27-/m1/s1. The molecule has 1 atom stereocenters. The third kappa shape index (κ3) is 10.1. The predicted octanol–water partition coefficient (Wildman–Crippen LogP) is 11.1. The number of nitrogens with zero attached hydrogens (tertiary/aromatic N) is 1. The van der Waals surface area contributed by atoms with Gasteiger partial charge in [0, 0.05) is 18.9 Å². The Morgan fingerprint density at radius 1 is 0.891 bits per heavy atom. The Hall–Kier alpha value is -2.82. The van der Waals surface area contributed by atoms with Gasteiger partial charge in [-0.25, -0.2) is 4.79 Å². The van der Waals surface area contributed by atoms with Crippen molar-refractivity contribution < 1.29 is 23.2 Å². The average molecular weight is 684 g/mol. The molecular formula is C37H54ClNO5Si2. The number of carbonyl (C=O) groups is 1. The summed E-state index contributed by atoms with van der Waals surface area (Å²) >= 11 is 7.28. The minimum absolute atomic E-state index is 0.0775. The molecule has 2 aromatic carbocycles. The van der Waals surface area contributed by atoms with Gasteiger partial charge in [0.25, 0.3) is 16.6 Å². The number of hydrogen-bond donors (Lipinski definition) is 0. The molecule has 0 fully saturated rings. The number of halogens is 1. The number of fused-ring (bicyclic) bond motifs is 1. The average Bonchev–Trinajstić information content (AvgIpc) is 2.93. The summed E-state index contributed by atoms with van der Waals surface area (Å²) < 4.78 is 19.8. The maximum Gasteiger partial charge on any atom is 0.342 e. The largest absolute Gasteiger partial charge is 0.543 e. The second kappa shape index (κ2) is 15.4. The van der Waals surface area contributed by atoms with Crippen molar-refractivity contribution in [2.24, 2.45) is 5.16 Å². The molecule has 0 bridgehead atoms. The van der Waals surface area contributed by atoms with Crippen molar-refractivity contribution in [3.8, 4) is 11.5 Å². The van der Waals surface area contributed by atoms with E-state index in [1.165, 1.54) is 0 Å². The number of esters is 1. The molecule has 0 N–H and O–H groups in total. The number of hydrogen-bond acceptors (Lipinski definition) is 6. The summed E-state index contributed by atoms with van der Waals surface area (Å²) in [6, 6.07) is 11.7. The molecule has 1 heterocycles. The van der Waals surface area contributed by atoms with Crippen molar-refractivity contribution in [3.63, 3.8) is 0 Å². The fraction of sp³-hybridized carbons (Fsp3) is 0.514. The van der Waals surface area contributed by atoms with Crippen LogP contribution < -0.4 is 8.85 Å². The van der Waals surface area contributed by atoms with Crippen LogP contribution in [0.3, 0.4) is 0 Å². The van der Waals surface area contributed by atoms with Crippen molar-refractivity contribution >= 4 is 39.9 Å². The lowest BCUT2D eigenvalue weighted by Gasteiger charge is -2.39. The highest BCUT2D eigenvalue weighted by Gasteiger charge is 2.43. The number of oxime groups is 1. The fourth-order valence-corrected chi connectivity index (χ4v) is 6.59. The highest BCUT2D eigenvalue weighted by Crippen LogP contribution is 2.46. The van der Waals surface area contributed by atoms with Gasteiger partial charge in [-0.15, -0.1) is 0 Å². The molecule has 1 aliphatic heterocycles. The summed E-state index contributed by atoms with van der Waals surface area (Å²) in [5.41, 5.74) is 2.51. The van der Waals surface area contributed by atoms with Gasteiger partial charge < -0.3 is 18.4 Å². The van der Waals surface area contributed by atoms with Gasteiger partial charge in [0.1, 0.15) is 29.8 Å². The monoisotopic (exact) mass is 683 g/mol. The van der Waals surface area contributed by atoms with Gasteiger partial charge in [-0.2, -0.15) is 0 Å². The zero-order valence-corrected chi connectivity index (χ0v) is 32.5. The van der Waals surface area contributed by atoms with Crippen molar-refractivity contribution in [2.75, 3.05) is 0 Å². The third-order valence-electron chi connectivity index (χ3n) is 9.21. The Morgan fingerprint density at radius 3 is 2.09 bits per heavy atom. The molecule has 0 saturated heterocycles. The van der Waals surface area contributed by atoms with Crippen LogP contribution in [0.25, 0.3) is 0 Å². The SMILES string of the molecule is C[C@@H]1C/C=C/CC/C=C/C(=N\OCc2ccccc2)Cc2c(Cl)c(O[Si](C)(C)C(C)(C)C)cc(O[Si](C)(C)C(C)(C)C)c2C(=O)O1. The number of benzene rings is 2. The summed E-state index contributed by atoms with van der Waals surface area (Å²) in [5, 5.41) is 4.72. The third-order valence-corrected chi connectivity index (χ3v) is 18.3. The molecule has 0 amide bonds. The smallest absolute Gasteiger partial charge is 0.342 e. The number of cyclic esters (lactones) is 1. The van der Waals surface area contributed by atoms with Crippen LogP contribution in [0.4, 0.5) is 0 Å². The number of ether oxygens (including phenoxy) is 1. The molecule has 6 nitrogen and oxygen atoms in total. The number of carbonyl (C=O) groups excluding carboxylic acids is 1. The molecule has 0 radical (unpaired) electrons. The summed E-state index contributed by atoms with van der Waals surface area (Å²) in [6.07, 6.45) is 10.4. The van der Waals surface area contributed by atoms with E-state index in [1.807, 2.05) is 49.4 Å². The van der Waals surface area contributed by atoms with Gasteiger partial charge in [0.15, 0.2) is 0 Å². The van der Waals surface area contributed by atoms with Crippen LogP contribution in [0.15, 0.2) is 65.9 Å². The first-order valence-electron chi connectivity index (χ1n) is 16.3. The zero-order chi connectivity index (χ0) is 34.3. The van der Waals surface area contributed by atoms with E-state index in [-0.39, 0.29) is 22.6 Å². The molecule has 0 aromatic heterocycles. The molecular weight excluding hydrogens is 630 g/mol. The van der Waals surface area contributed by atoms with E-state index >= 15 is 0 Å². The molecule has 2 aromatic rings. The minimum atomic E-state index is -2.42. The van der Waals surface area contributed by atoms with Crippen LogP contribution >= 0.6 is 11.6 Å². The van der Waals surface area contributed by atoms with Crippen LogP contribution in [0, 0.1) is 0 Å². The molecule has 0 aliphatic carbocycles. The molecule has 1 aliphatic rings. The van der Waals surface area contributed by atoms with Gasteiger partial charge in [-0.3, -0.25) is 0 Å². The molecule has 0 unspecified atom stereocenters. The highest BCUT2D eigenvalue weighted by atomic mass is 35.5. The Bertz CT molecular complexity index is 1440. The molecule has 0 saturated carbocycles.